The van der Waals surface area contributed by atoms with Crippen LogP contribution in [0.3, 0.4) is 0 Å². The van der Waals surface area contributed by atoms with E-state index >= 15 is 0 Å². The van der Waals surface area contributed by atoms with Crippen molar-refractivity contribution in [3.8, 4) is 0 Å². The van der Waals surface area contributed by atoms with Gasteiger partial charge in [0.05, 0.1) is 13.2 Å². The average Bonchev–Trinajstić information content (AvgIpc) is 2.38. The molecule has 19 heavy (non-hydrogen) atoms. The molecule has 0 aromatic rings. The Morgan fingerprint density at radius 3 is 2.16 bits per heavy atom. The molecule has 0 aliphatic carbocycles. The van der Waals surface area contributed by atoms with E-state index in [1.807, 2.05) is 6.92 Å². The van der Waals surface area contributed by atoms with E-state index in [2.05, 4.69) is 4.74 Å². The van der Waals surface area contributed by atoms with E-state index in [1.165, 1.54) is 0 Å². The monoisotopic (exact) mass is 276 g/mol. The third-order valence-electron chi connectivity index (χ3n) is 2.75. The predicted octanol–water partition coefficient (Wildman–Crippen LogP) is 0.785. The molecule has 2 atom stereocenters. The first-order valence-corrected chi connectivity index (χ1v) is 6.68. The van der Waals surface area contributed by atoms with E-state index in [9.17, 15) is 19.8 Å². The summed E-state index contributed by atoms with van der Waals surface area (Å²) in [4.78, 5) is 23.3. The SMILES string of the molecule is CCCCC[C@@](O)(C(=O)OCC)[C@H](O)C(=O)OCC. The fraction of sp³-hybridized carbons (Fsp3) is 0.846. The highest BCUT2D eigenvalue weighted by Gasteiger charge is 2.48. The minimum Gasteiger partial charge on any atom is -0.464 e. The van der Waals surface area contributed by atoms with Gasteiger partial charge in [0.2, 0.25) is 0 Å². The van der Waals surface area contributed by atoms with E-state index in [-0.39, 0.29) is 19.6 Å². The summed E-state index contributed by atoms with van der Waals surface area (Å²) in [6, 6.07) is 0. The fourth-order valence-corrected chi connectivity index (χ4v) is 1.67. The molecule has 112 valence electrons. The second-order valence-electron chi connectivity index (χ2n) is 4.26. The van der Waals surface area contributed by atoms with E-state index in [1.54, 1.807) is 13.8 Å². The highest BCUT2D eigenvalue weighted by atomic mass is 16.6. The lowest BCUT2D eigenvalue weighted by Crippen LogP contribution is -2.54. The number of hydrogen-bond acceptors (Lipinski definition) is 6. The zero-order valence-corrected chi connectivity index (χ0v) is 11.8. The first-order chi connectivity index (χ1) is 8.93. The Bertz CT molecular complexity index is 291. The summed E-state index contributed by atoms with van der Waals surface area (Å²) in [5.41, 5.74) is -2.24. The molecule has 2 N–H and O–H groups in total. The molecule has 0 saturated heterocycles. The van der Waals surface area contributed by atoms with Crippen LogP contribution in [0.15, 0.2) is 0 Å². The first-order valence-electron chi connectivity index (χ1n) is 6.68. The molecule has 0 aliphatic rings. The number of unbranched alkanes of at least 4 members (excludes halogenated alkanes) is 2. The van der Waals surface area contributed by atoms with Crippen molar-refractivity contribution in [2.24, 2.45) is 0 Å². The molecular formula is C13H24O6. The van der Waals surface area contributed by atoms with E-state index in [4.69, 9.17) is 4.74 Å². The summed E-state index contributed by atoms with van der Waals surface area (Å²) in [7, 11) is 0. The van der Waals surface area contributed by atoms with Crippen molar-refractivity contribution in [1.29, 1.82) is 0 Å². The standard InChI is InChI=1S/C13H24O6/c1-4-7-8-9-13(17,12(16)19-6-3)10(14)11(15)18-5-2/h10,14,17H,4-9H2,1-3H3/t10-,13+/m1/s1. The third-order valence-corrected chi connectivity index (χ3v) is 2.75. The number of carbonyl (C=O) groups excluding carboxylic acids is 2. The Hall–Kier alpha value is -1.14. The lowest BCUT2D eigenvalue weighted by molar-refractivity contribution is -0.191. The first kappa shape index (κ1) is 17.9. The van der Waals surface area contributed by atoms with Gasteiger partial charge in [-0.3, -0.25) is 0 Å². The van der Waals surface area contributed by atoms with Crippen molar-refractivity contribution in [2.75, 3.05) is 13.2 Å². The maximum atomic E-state index is 11.8. The second-order valence-corrected chi connectivity index (χ2v) is 4.26. The molecule has 0 fully saturated rings. The van der Waals surface area contributed by atoms with Crippen LogP contribution in [-0.2, 0) is 19.1 Å². The van der Waals surface area contributed by atoms with Crippen molar-refractivity contribution >= 4 is 11.9 Å². The summed E-state index contributed by atoms with van der Waals surface area (Å²) in [5, 5.41) is 20.1. The zero-order valence-electron chi connectivity index (χ0n) is 11.8. The van der Waals surface area contributed by atoms with Crippen molar-refractivity contribution in [3.63, 3.8) is 0 Å². The predicted molar refractivity (Wildman–Crippen MR) is 68.4 cm³/mol. The van der Waals surface area contributed by atoms with Crippen LogP contribution in [0.4, 0.5) is 0 Å². The molecule has 0 aromatic heterocycles. The summed E-state index contributed by atoms with van der Waals surface area (Å²) < 4.78 is 9.36. The number of rotatable bonds is 9. The Balaban J connectivity index is 4.91. The number of aliphatic hydroxyl groups is 2. The molecule has 0 bridgehead atoms. The largest absolute Gasteiger partial charge is 0.464 e. The molecule has 6 nitrogen and oxygen atoms in total. The van der Waals surface area contributed by atoms with E-state index < -0.39 is 23.6 Å². The second kappa shape index (κ2) is 8.87. The average molecular weight is 276 g/mol. The van der Waals surface area contributed by atoms with Gasteiger partial charge in [0, 0.05) is 0 Å². The minimum absolute atomic E-state index is 0.0420. The van der Waals surface area contributed by atoms with Crippen LogP contribution >= 0.6 is 0 Å². The number of hydrogen-bond donors (Lipinski definition) is 2. The molecule has 0 heterocycles. The molecule has 0 spiro atoms. The smallest absolute Gasteiger partial charge is 0.341 e. The summed E-state index contributed by atoms with van der Waals surface area (Å²) >= 11 is 0. The van der Waals surface area contributed by atoms with Crippen LogP contribution in [0.1, 0.15) is 46.5 Å². The molecule has 0 aromatic carbocycles. The lowest BCUT2D eigenvalue weighted by atomic mass is 9.90. The van der Waals surface area contributed by atoms with Gasteiger partial charge in [-0.25, -0.2) is 9.59 Å². The topological polar surface area (TPSA) is 93.1 Å². The van der Waals surface area contributed by atoms with Crippen LogP contribution in [0.5, 0.6) is 0 Å². The van der Waals surface area contributed by atoms with Crippen molar-refractivity contribution in [3.05, 3.63) is 0 Å². The van der Waals surface area contributed by atoms with Gasteiger partial charge >= 0.3 is 11.9 Å². The van der Waals surface area contributed by atoms with Gasteiger partial charge in [0.1, 0.15) is 0 Å². The Morgan fingerprint density at radius 2 is 1.68 bits per heavy atom. The fourth-order valence-electron chi connectivity index (χ4n) is 1.67. The van der Waals surface area contributed by atoms with Crippen molar-refractivity contribution in [1.82, 2.24) is 0 Å². The highest BCUT2D eigenvalue weighted by molar-refractivity contribution is 5.89. The van der Waals surface area contributed by atoms with Gasteiger partial charge in [-0.2, -0.15) is 0 Å². The molecule has 0 radical (unpaired) electrons. The molecule has 0 saturated carbocycles. The molecule has 6 heteroatoms. The number of esters is 2. The van der Waals surface area contributed by atoms with Crippen LogP contribution in [-0.4, -0.2) is 47.1 Å². The van der Waals surface area contributed by atoms with Gasteiger partial charge in [0.25, 0.3) is 0 Å². The summed E-state index contributed by atoms with van der Waals surface area (Å²) in [6.45, 7) is 5.24. The van der Waals surface area contributed by atoms with E-state index in [0.717, 1.165) is 12.8 Å². The Morgan fingerprint density at radius 1 is 1.11 bits per heavy atom. The maximum absolute atomic E-state index is 11.8. The van der Waals surface area contributed by atoms with Crippen molar-refractivity contribution < 1.29 is 29.3 Å². The van der Waals surface area contributed by atoms with Gasteiger partial charge in [-0.1, -0.05) is 19.8 Å². The minimum atomic E-state index is -2.24. The summed E-state index contributed by atoms with van der Waals surface area (Å²) in [6.07, 6.45) is 0.191. The van der Waals surface area contributed by atoms with Crippen molar-refractivity contribution in [2.45, 2.75) is 58.2 Å². The number of ether oxygens (including phenoxy) is 2. The summed E-state index contributed by atoms with van der Waals surface area (Å²) in [5.74, 6) is -2.01. The number of aliphatic hydroxyl groups excluding tert-OH is 1. The van der Waals surface area contributed by atoms with Crippen LogP contribution < -0.4 is 0 Å². The van der Waals surface area contributed by atoms with Crippen LogP contribution in [0.25, 0.3) is 0 Å². The van der Waals surface area contributed by atoms with E-state index in [0.29, 0.717) is 6.42 Å². The zero-order chi connectivity index (χ0) is 14.9. The van der Waals surface area contributed by atoms with Gasteiger partial charge in [-0.05, 0) is 26.7 Å². The Kier molecular flexibility index (Phi) is 8.34. The quantitative estimate of drug-likeness (QED) is 0.477. The van der Waals surface area contributed by atoms with Gasteiger partial charge in [-0.15, -0.1) is 0 Å². The number of carbonyl (C=O) groups is 2. The molecule has 0 unspecified atom stereocenters. The van der Waals surface area contributed by atoms with Crippen LogP contribution in [0.2, 0.25) is 0 Å². The highest BCUT2D eigenvalue weighted by Crippen LogP contribution is 2.22. The third kappa shape index (κ3) is 5.16. The molecule has 0 rings (SSSR count). The van der Waals surface area contributed by atoms with Crippen LogP contribution in [0, 0.1) is 0 Å². The maximum Gasteiger partial charge on any atom is 0.341 e. The Labute approximate surface area is 113 Å². The molecule has 0 amide bonds. The molecule has 0 aliphatic heterocycles. The van der Waals surface area contributed by atoms with Gasteiger partial charge < -0.3 is 19.7 Å². The molecular weight excluding hydrogens is 252 g/mol. The normalized spacial score (nSPS) is 15.4. The lowest BCUT2D eigenvalue weighted by Gasteiger charge is -2.29. The van der Waals surface area contributed by atoms with Gasteiger partial charge in [0.15, 0.2) is 11.7 Å².